The van der Waals surface area contributed by atoms with Gasteiger partial charge in [-0.3, -0.25) is 4.79 Å². The second-order valence-corrected chi connectivity index (χ2v) is 5.52. The maximum atomic E-state index is 11.4. The van der Waals surface area contributed by atoms with Crippen LogP contribution in [0.5, 0.6) is 0 Å². The standard InChI is InChI=1S/C14H19BrO2/c1-4-17-13(16)9-10-14(2,3)11-7-5-6-8-12(11)15/h5-8H,4,9-10H2,1-3H3. The first-order chi connectivity index (χ1) is 7.97. The Bertz CT molecular complexity index is 386. The summed E-state index contributed by atoms with van der Waals surface area (Å²) in [7, 11) is 0. The Hall–Kier alpha value is -0.830. The highest BCUT2D eigenvalue weighted by Gasteiger charge is 2.23. The summed E-state index contributed by atoms with van der Waals surface area (Å²) in [5.74, 6) is -0.118. The highest BCUT2D eigenvalue weighted by Crippen LogP contribution is 2.33. The number of ether oxygens (including phenoxy) is 1. The number of benzene rings is 1. The lowest BCUT2D eigenvalue weighted by atomic mass is 9.80. The van der Waals surface area contributed by atoms with Gasteiger partial charge in [0.05, 0.1) is 6.61 Å². The van der Waals surface area contributed by atoms with Crippen molar-refractivity contribution in [2.24, 2.45) is 0 Å². The van der Waals surface area contributed by atoms with E-state index in [1.165, 1.54) is 5.56 Å². The molecular formula is C14H19BrO2. The highest BCUT2D eigenvalue weighted by atomic mass is 79.9. The molecule has 0 saturated heterocycles. The molecule has 2 nitrogen and oxygen atoms in total. The van der Waals surface area contributed by atoms with E-state index in [2.05, 4.69) is 35.8 Å². The van der Waals surface area contributed by atoms with E-state index in [1.54, 1.807) is 0 Å². The maximum absolute atomic E-state index is 11.4. The fourth-order valence-corrected chi connectivity index (χ4v) is 2.61. The first-order valence-electron chi connectivity index (χ1n) is 5.88. The van der Waals surface area contributed by atoms with Crippen molar-refractivity contribution in [2.75, 3.05) is 6.61 Å². The Labute approximate surface area is 111 Å². The van der Waals surface area contributed by atoms with Crippen LogP contribution in [-0.2, 0) is 14.9 Å². The van der Waals surface area contributed by atoms with E-state index >= 15 is 0 Å². The highest BCUT2D eigenvalue weighted by molar-refractivity contribution is 9.10. The molecule has 0 N–H and O–H groups in total. The summed E-state index contributed by atoms with van der Waals surface area (Å²) in [6, 6.07) is 8.14. The van der Waals surface area contributed by atoms with Crippen LogP contribution >= 0.6 is 15.9 Å². The molecule has 1 aromatic rings. The lowest BCUT2D eigenvalue weighted by molar-refractivity contribution is -0.143. The van der Waals surface area contributed by atoms with Crippen molar-refractivity contribution in [3.05, 3.63) is 34.3 Å². The molecule has 94 valence electrons. The molecule has 0 radical (unpaired) electrons. The van der Waals surface area contributed by atoms with E-state index < -0.39 is 0 Å². The molecule has 0 aromatic heterocycles. The first-order valence-corrected chi connectivity index (χ1v) is 6.67. The third-order valence-electron chi connectivity index (χ3n) is 2.86. The summed E-state index contributed by atoms with van der Waals surface area (Å²) in [5, 5.41) is 0. The zero-order valence-electron chi connectivity index (χ0n) is 10.6. The van der Waals surface area contributed by atoms with Gasteiger partial charge in [0.1, 0.15) is 0 Å². The molecule has 0 heterocycles. The van der Waals surface area contributed by atoms with Gasteiger partial charge in [-0.15, -0.1) is 0 Å². The largest absolute Gasteiger partial charge is 0.466 e. The minimum Gasteiger partial charge on any atom is -0.466 e. The van der Waals surface area contributed by atoms with Gasteiger partial charge >= 0.3 is 5.97 Å². The second-order valence-electron chi connectivity index (χ2n) is 4.67. The SMILES string of the molecule is CCOC(=O)CCC(C)(C)c1ccccc1Br. The molecule has 0 fully saturated rings. The predicted octanol–water partition coefficient (Wildman–Crippen LogP) is 4.07. The molecule has 1 aromatic carbocycles. The van der Waals surface area contributed by atoms with Crippen LogP contribution in [0.2, 0.25) is 0 Å². The molecule has 0 amide bonds. The van der Waals surface area contributed by atoms with E-state index in [-0.39, 0.29) is 11.4 Å². The van der Waals surface area contributed by atoms with E-state index in [9.17, 15) is 4.79 Å². The van der Waals surface area contributed by atoms with Crippen LogP contribution in [0, 0.1) is 0 Å². The molecule has 3 heteroatoms. The average Bonchev–Trinajstić information content (AvgIpc) is 2.27. The zero-order valence-corrected chi connectivity index (χ0v) is 12.2. The van der Waals surface area contributed by atoms with Crippen LogP contribution in [0.3, 0.4) is 0 Å². The minimum atomic E-state index is -0.118. The van der Waals surface area contributed by atoms with Crippen LogP contribution in [-0.4, -0.2) is 12.6 Å². The summed E-state index contributed by atoms with van der Waals surface area (Å²) in [6.07, 6.45) is 1.25. The number of halogens is 1. The Morgan fingerprint density at radius 3 is 2.59 bits per heavy atom. The number of rotatable bonds is 5. The Morgan fingerprint density at radius 1 is 1.35 bits per heavy atom. The van der Waals surface area contributed by atoms with Crippen molar-refractivity contribution in [2.45, 2.75) is 39.0 Å². The van der Waals surface area contributed by atoms with Crippen molar-refractivity contribution in [1.82, 2.24) is 0 Å². The van der Waals surface area contributed by atoms with E-state index in [4.69, 9.17) is 4.74 Å². The van der Waals surface area contributed by atoms with Gasteiger partial charge in [-0.2, -0.15) is 0 Å². The van der Waals surface area contributed by atoms with Crippen LogP contribution in [0.1, 0.15) is 39.2 Å². The summed E-state index contributed by atoms with van der Waals surface area (Å²) in [4.78, 5) is 11.4. The summed E-state index contributed by atoms with van der Waals surface area (Å²) in [5.41, 5.74) is 1.19. The van der Waals surface area contributed by atoms with Gasteiger partial charge in [-0.1, -0.05) is 48.0 Å². The first kappa shape index (κ1) is 14.2. The molecule has 1 rings (SSSR count). The van der Waals surface area contributed by atoms with E-state index in [0.717, 1.165) is 10.9 Å². The van der Waals surface area contributed by atoms with Crippen molar-refractivity contribution < 1.29 is 9.53 Å². The molecule has 0 saturated carbocycles. The van der Waals surface area contributed by atoms with Crippen LogP contribution in [0.4, 0.5) is 0 Å². The van der Waals surface area contributed by atoms with Gasteiger partial charge in [0.15, 0.2) is 0 Å². The zero-order chi connectivity index (χ0) is 12.9. The van der Waals surface area contributed by atoms with Crippen LogP contribution in [0.25, 0.3) is 0 Å². The molecule has 0 spiro atoms. The van der Waals surface area contributed by atoms with Crippen LogP contribution in [0.15, 0.2) is 28.7 Å². The number of hydrogen-bond acceptors (Lipinski definition) is 2. The Balaban J connectivity index is 2.69. The van der Waals surface area contributed by atoms with E-state index in [1.807, 2.05) is 25.1 Å². The van der Waals surface area contributed by atoms with Gasteiger partial charge in [0.25, 0.3) is 0 Å². The van der Waals surface area contributed by atoms with Crippen molar-refractivity contribution in [3.63, 3.8) is 0 Å². The smallest absolute Gasteiger partial charge is 0.305 e. The van der Waals surface area contributed by atoms with Crippen molar-refractivity contribution in [1.29, 1.82) is 0 Å². The minimum absolute atomic E-state index is 0.0349. The number of esters is 1. The van der Waals surface area contributed by atoms with Gasteiger partial charge in [0.2, 0.25) is 0 Å². The molecule has 0 aliphatic carbocycles. The number of carbonyl (C=O) groups is 1. The fourth-order valence-electron chi connectivity index (χ4n) is 1.79. The molecule has 0 aliphatic heterocycles. The maximum Gasteiger partial charge on any atom is 0.305 e. The summed E-state index contributed by atoms with van der Waals surface area (Å²) in [6.45, 7) is 6.57. The quantitative estimate of drug-likeness (QED) is 0.766. The monoisotopic (exact) mass is 298 g/mol. The molecule has 0 atom stereocenters. The Kier molecular flexibility index (Phi) is 5.19. The average molecular weight is 299 g/mol. The second kappa shape index (κ2) is 6.20. The summed E-state index contributed by atoms with van der Waals surface area (Å²) < 4.78 is 6.04. The predicted molar refractivity (Wildman–Crippen MR) is 73.0 cm³/mol. The van der Waals surface area contributed by atoms with Gasteiger partial charge in [-0.05, 0) is 30.4 Å². The third-order valence-corrected chi connectivity index (χ3v) is 3.55. The summed E-state index contributed by atoms with van der Waals surface area (Å²) >= 11 is 3.55. The van der Waals surface area contributed by atoms with Gasteiger partial charge < -0.3 is 4.74 Å². The van der Waals surface area contributed by atoms with Gasteiger partial charge in [-0.25, -0.2) is 0 Å². The number of carbonyl (C=O) groups excluding carboxylic acids is 1. The van der Waals surface area contributed by atoms with Gasteiger partial charge in [0, 0.05) is 10.9 Å². The van der Waals surface area contributed by atoms with Crippen LogP contribution < -0.4 is 0 Å². The molecular weight excluding hydrogens is 280 g/mol. The Morgan fingerprint density at radius 2 is 2.00 bits per heavy atom. The molecule has 0 unspecified atom stereocenters. The lowest BCUT2D eigenvalue weighted by Gasteiger charge is -2.26. The topological polar surface area (TPSA) is 26.3 Å². The molecule has 17 heavy (non-hydrogen) atoms. The molecule has 0 bridgehead atoms. The molecule has 0 aliphatic rings. The normalized spacial score (nSPS) is 11.3. The number of hydrogen-bond donors (Lipinski definition) is 0. The fraction of sp³-hybridized carbons (Fsp3) is 0.500. The van der Waals surface area contributed by atoms with Crippen molar-refractivity contribution in [3.8, 4) is 0 Å². The van der Waals surface area contributed by atoms with E-state index in [0.29, 0.717) is 13.0 Å². The third kappa shape index (κ3) is 4.15. The lowest BCUT2D eigenvalue weighted by Crippen LogP contribution is -2.20. The van der Waals surface area contributed by atoms with Crippen molar-refractivity contribution >= 4 is 21.9 Å².